The van der Waals surface area contributed by atoms with Gasteiger partial charge in [0, 0.05) is 20.0 Å². The number of ether oxygens (including phenoxy) is 2. The molecule has 7 heteroatoms. The van der Waals surface area contributed by atoms with Crippen LogP contribution in [0.2, 0.25) is 0 Å². The van der Waals surface area contributed by atoms with Crippen LogP contribution in [0.15, 0.2) is 5.10 Å². The molecule has 0 heterocycles. The molecule has 0 aromatic heterocycles. The highest BCUT2D eigenvalue weighted by Crippen LogP contribution is 2.22. The molecule has 136 valence electrons. The number of carbonyl (C=O) groups excluding carboxylic acids is 3. The van der Waals surface area contributed by atoms with Crippen LogP contribution >= 0.6 is 0 Å². The van der Waals surface area contributed by atoms with Gasteiger partial charge < -0.3 is 9.47 Å². The van der Waals surface area contributed by atoms with Crippen molar-refractivity contribution in [2.24, 2.45) is 11.0 Å². The van der Waals surface area contributed by atoms with Crippen LogP contribution in [0.5, 0.6) is 0 Å². The third kappa shape index (κ3) is 6.03. The second-order valence-corrected chi connectivity index (χ2v) is 6.76. The van der Waals surface area contributed by atoms with Gasteiger partial charge >= 0.3 is 6.09 Å². The quantitative estimate of drug-likeness (QED) is 0.548. The lowest BCUT2D eigenvalue weighted by atomic mass is 9.82. The number of methoxy groups -OCH3 is 1. The number of carbonyl (C=O) groups is 3. The molecule has 0 N–H and O–H groups in total. The van der Waals surface area contributed by atoms with Crippen LogP contribution in [0.3, 0.4) is 0 Å². The predicted molar refractivity (Wildman–Crippen MR) is 89.9 cm³/mol. The maximum atomic E-state index is 12.3. The Bertz CT molecular complexity index is 500. The van der Waals surface area contributed by atoms with Crippen LogP contribution < -0.4 is 0 Å². The molecule has 1 fully saturated rings. The minimum atomic E-state index is -0.837. The Hall–Kier alpha value is -1.76. The number of hydrogen-bond donors (Lipinski definition) is 0. The summed E-state index contributed by atoms with van der Waals surface area (Å²) in [5, 5.41) is 5.46. The molecule has 0 saturated heterocycles. The molecular weight excluding hydrogens is 312 g/mol. The lowest BCUT2D eigenvalue weighted by molar-refractivity contribution is -0.130. The Balaban J connectivity index is 3.06. The second-order valence-electron chi connectivity index (χ2n) is 6.76. The molecule has 1 amide bonds. The number of Topliss-reactive ketones (excluding diaryl/α,β-unsaturated/α-hetero) is 2. The number of amides is 1. The summed E-state index contributed by atoms with van der Waals surface area (Å²) in [4.78, 5) is 36.6. The zero-order chi connectivity index (χ0) is 18.3. The number of hydrogen-bond acceptors (Lipinski definition) is 6. The molecule has 0 spiro atoms. The molecule has 0 aliphatic heterocycles. The van der Waals surface area contributed by atoms with E-state index in [1.807, 2.05) is 0 Å². The molecule has 0 bridgehead atoms. The van der Waals surface area contributed by atoms with E-state index in [4.69, 9.17) is 9.47 Å². The van der Waals surface area contributed by atoms with Crippen molar-refractivity contribution in [1.29, 1.82) is 0 Å². The lowest BCUT2D eigenvalue weighted by Crippen LogP contribution is -2.40. The maximum absolute atomic E-state index is 12.3. The van der Waals surface area contributed by atoms with Crippen LogP contribution in [-0.4, -0.2) is 54.2 Å². The Morgan fingerprint density at radius 3 is 2.50 bits per heavy atom. The van der Waals surface area contributed by atoms with Gasteiger partial charge in [-0.05, 0) is 33.6 Å². The Kier molecular flexibility index (Phi) is 7.54. The van der Waals surface area contributed by atoms with Gasteiger partial charge in [0.25, 0.3) is 0 Å². The molecule has 0 radical (unpaired) electrons. The van der Waals surface area contributed by atoms with Gasteiger partial charge in [0.15, 0.2) is 0 Å². The summed E-state index contributed by atoms with van der Waals surface area (Å²) < 4.78 is 10.3. The smallest absolute Gasteiger partial charge is 0.430 e. The third-order valence-electron chi connectivity index (χ3n) is 3.54. The molecule has 0 aromatic carbocycles. The summed E-state index contributed by atoms with van der Waals surface area (Å²) in [7, 11) is 1.52. The van der Waals surface area contributed by atoms with Crippen LogP contribution in [0.4, 0.5) is 4.79 Å². The van der Waals surface area contributed by atoms with Gasteiger partial charge in [0.2, 0.25) is 0 Å². The molecule has 1 atom stereocenters. The van der Waals surface area contributed by atoms with Gasteiger partial charge in [-0.3, -0.25) is 9.59 Å². The highest BCUT2D eigenvalue weighted by atomic mass is 16.6. The molecule has 7 nitrogen and oxygen atoms in total. The van der Waals surface area contributed by atoms with E-state index in [1.165, 1.54) is 7.11 Å². The number of rotatable bonds is 6. The van der Waals surface area contributed by atoms with E-state index < -0.39 is 17.6 Å². The first-order chi connectivity index (χ1) is 11.2. The fourth-order valence-corrected chi connectivity index (χ4v) is 2.43. The van der Waals surface area contributed by atoms with E-state index in [0.717, 1.165) is 5.01 Å². The molecule has 0 aromatic rings. The minimum Gasteiger partial charge on any atom is -0.442 e. The van der Waals surface area contributed by atoms with Crippen molar-refractivity contribution in [2.75, 3.05) is 20.3 Å². The van der Waals surface area contributed by atoms with Crippen molar-refractivity contribution < 1.29 is 23.9 Å². The Morgan fingerprint density at radius 2 is 1.96 bits per heavy atom. The van der Waals surface area contributed by atoms with E-state index in [0.29, 0.717) is 25.0 Å². The molecule has 1 saturated carbocycles. The van der Waals surface area contributed by atoms with E-state index in [9.17, 15) is 14.4 Å². The summed E-state index contributed by atoms with van der Waals surface area (Å²) in [5.41, 5.74) is -0.219. The lowest BCUT2D eigenvalue weighted by Gasteiger charge is -2.27. The monoisotopic (exact) mass is 340 g/mol. The predicted octanol–water partition coefficient (Wildman–Crippen LogP) is 2.57. The molecule has 1 aliphatic carbocycles. The largest absolute Gasteiger partial charge is 0.442 e. The first-order valence-electron chi connectivity index (χ1n) is 8.31. The third-order valence-corrected chi connectivity index (χ3v) is 3.54. The van der Waals surface area contributed by atoms with E-state index in [1.54, 1.807) is 27.7 Å². The first-order valence-corrected chi connectivity index (χ1v) is 8.31. The van der Waals surface area contributed by atoms with E-state index >= 15 is 0 Å². The second kappa shape index (κ2) is 8.92. The average Bonchev–Trinajstić information content (AvgIpc) is 2.49. The van der Waals surface area contributed by atoms with Crippen LogP contribution in [0.1, 0.15) is 53.4 Å². The van der Waals surface area contributed by atoms with Gasteiger partial charge in [0.05, 0.1) is 18.9 Å². The number of nitrogens with zero attached hydrogens (tertiary/aromatic N) is 2. The fourth-order valence-electron chi connectivity index (χ4n) is 2.43. The molecule has 1 aliphatic rings. The van der Waals surface area contributed by atoms with Crippen molar-refractivity contribution in [1.82, 2.24) is 5.01 Å². The first kappa shape index (κ1) is 20.3. The van der Waals surface area contributed by atoms with Gasteiger partial charge in [-0.15, -0.1) is 0 Å². The van der Waals surface area contributed by atoms with Crippen molar-refractivity contribution in [3.8, 4) is 0 Å². The van der Waals surface area contributed by atoms with Gasteiger partial charge in [-0.25, -0.2) is 4.79 Å². The maximum Gasteiger partial charge on any atom is 0.430 e. The van der Waals surface area contributed by atoms with Gasteiger partial charge in [0.1, 0.15) is 23.1 Å². The summed E-state index contributed by atoms with van der Waals surface area (Å²) >= 11 is 0. The van der Waals surface area contributed by atoms with Crippen molar-refractivity contribution in [3.63, 3.8) is 0 Å². The van der Waals surface area contributed by atoms with Gasteiger partial charge in [-0.2, -0.15) is 10.1 Å². The van der Waals surface area contributed by atoms with Crippen molar-refractivity contribution in [3.05, 3.63) is 0 Å². The summed E-state index contributed by atoms with van der Waals surface area (Å²) in [6.07, 6.45) is 1.18. The summed E-state index contributed by atoms with van der Waals surface area (Å²) in [6, 6.07) is 0. The topological polar surface area (TPSA) is 85.3 Å². The molecule has 1 rings (SSSR count). The SMILES string of the molecule is CCC(=O)C1C(=O)CCC/C1=N/N(CCOC)C(=O)OC(C)(C)C. The Morgan fingerprint density at radius 1 is 1.29 bits per heavy atom. The zero-order valence-corrected chi connectivity index (χ0v) is 15.3. The molecular formula is C17H28N2O5. The zero-order valence-electron chi connectivity index (χ0n) is 15.3. The van der Waals surface area contributed by atoms with Gasteiger partial charge in [-0.1, -0.05) is 6.92 Å². The molecule has 24 heavy (non-hydrogen) atoms. The van der Waals surface area contributed by atoms with Crippen LogP contribution in [0, 0.1) is 5.92 Å². The van der Waals surface area contributed by atoms with Crippen molar-refractivity contribution in [2.45, 2.75) is 59.0 Å². The summed E-state index contributed by atoms with van der Waals surface area (Å²) in [6.45, 7) is 7.48. The fraction of sp³-hybridized carbons (Fsp3) is 0.765. The Labute approximate surface area is 143 Å². The highest BCUT2D eigenvalue weighted by molar-refractivity contribution is 6.22. The van der Waals surface area contributed by atoms with Crippen molar-refractivity contribution >= 4 is 23.4 Å². The van der Waals surface area contributed by atoms with E-state index in [-0.39, 0.29) is 31.1 Å². The number of ketones is 2. The average molecular weight is 340 g/mol. The molecule has 1 unspecified atom stereocenters. The van der Waals surface area contributed by atoms with Crippen LogP contribution in [-0.2, 0) is 19.1 Å². The standard InChI is InChI=1S/C17H28N2O5/c1-6-13(20)15-12(8-7-9-14(15)21)18-19(10-11-23-5)16(22)24-17(2,3)4/h15H,6-11H2,1-5H3/b18-12-. The van der Waals surface area contributed by atoms with Crippen LogP contribution in [0.25, 0.3) is 0 Å². The summed E-state index contributed by atoms with van der Waals surface area (Å²) in [5.74, 6) is -1.12. The normalized spacial score (nSPS) is 20.1. The highest BCUT2D eigenvalue weighted by Gasteiger charge is 2.34. The van der Waals surface area contributed by atoms with E-state index in [2.05, 4.69) is 5.10 Å². The minimum absolute atomic E-state index is 0.122. The number of hydrazone groups is 1.